The third-order valence-electron chi connectivity index (χ3n) is 3.83. The molecule has 1 atom stereocenters. The first-order valence-corrected chi connectivity index (χ1v) is 7.74. The van der Waals surface area contributed by atoms with E-state index in [-0.39, 0.29) is 17.5 Å². The maximum Gasteiger partial charge on any atom is 0.123 e. The van der Waals surface area contributed by atoms with Crippen LogP contribution in [0.25, 0.3) is 0 Å². The Morgan fingerprint density at radius 1 is 1.25 bits per heavy atom. The highest BCUT2D eigenvalue weighted by Crippen LogP contribution is 2.38. The summed E-state index contributed by atoms with van der Waals surface area (Å²) in [5.74, 6) is -0.273. The van der Waals surface area contributed by atoms with E-state index < -0.39 is 0 Å². The van der Waals surface area contributed by atoms with Gasteiger partial charge in [-0.2, -0.15) is 0 Å². The first-order valence-electron chi connectivity index (χ1n) is 7.36. The van der Waals surface area contributed by atoms with Crippen molar-refractivity contribution in [2.45, 2.75) is 52.2 Å². The van der Waals surface area contributed by atoms with E-state index in [4.69, 9.17) is 16.3 Å². The van der Waals surface area contributed by atoms with Crippen LogP contribution in [0, 0.1) is 5.82 Å². The number of nitrogens with one attached hydrogen (secondary N) is 1. The average Bonchev–Trinajstić information content (AvgIpc) is 2.45. The van der Waals surface area contributed by atoms with Crippen LogP contribution in [0.1, 0.15) is 52.1 Å². The summed E-state index contributed by atoms with van der Waals surface area (Å²) in [6.07, 6.45) is 1.67. The summed E-state index contributed by atoms with van der Waals surface area (Å²) in [5, 5.41) is 3.99. The highest BCUT2D eigenvalue weighted by molar-refractivity contribution is 6.31. The van der Waals surface area contributed by atoms with E-state index in [1.807, 2.05) is 13.8 Å². The molecule has 0 aromatic heterocycles. The van der Waals surface area contributed by atoms with Crippen LogP contribution >= 0.6 is 11.6 Å². The molecule has 1 aromatic rings. The lowest BCUT2D eigenvalue weighted by molar-refractivity contribution is -0.0730. The molecule has 0 saturated heterocycles. The van der Waals surface area contributed by atoms with Crippen molar-refractivity contribution in [2.24, 2.45) is 0 Å². The van der Waals surface area contributed by atoms with Crippen molar-refractivity contribution < 1.29 is 9.13 Å². The fourth-order valence-corrected chi connectivity index (χ4v) is 2.98. The van der Waals surface area contributed by atoms with Gasteiger partial charge in [0.25, 0.3) is 0 Å². The SMILES string of the molecule is CCNC(c1cc(F)ccc1Cl)C(CC)(CC)OCC. The molecular formula is C16H25ClFNO. The third-order valence-corrected chi connectivity index (χ3v) is 4.18. The zero-order chi connectivity index (χ0) is 15.2. The fraction of sp³-hybridized carbons (Fsp3) is 0.625. The van der Waals surface area contributed by atoms with Gasteiger partial charge in [-0.25, -0.2) is 4.39 Å². The van der Waals surface area contributed by atoms with E-state index in [0.717, 1.165) is 24.9 Å². The summed E-state index contributed by atoms with van der Waals surface area (Å²) in [6, 6.07) is 4.38. The van der Waals surface area contributed by atoms with Crippen molar-refractivity contribution >= 4 is 11.6 Å². The van der Waals surface area contributed by atoms with Crippen LogP contribution in [0.3, 0.4) is 0 Å². The maximum atomic E-state index is 13.6. The Kier molecular flexibility index (Phi) is 6.93. The van der Waals surface area contributed by atoms with Crippen molar-refractivity contribution in [3.05, 3.63) is 34.6 Å². The Balaban J connectivity index is 3.29. The molecule has 1 rings (SSSR count). The van der Waals surface area contributed by atoms with E-state index in [1.54, 1.807) is 6.07 Å². The molecular weight excluding hydrogens is 277 g/mol. The average molecular weight is 302 g/mol. The zero-order valence-electron chi connectivity index (χ0n) is 12.8. The molecule has 0 aliphatic heterocycles. The molecule has 0 saturated carbocycles. The van der Waals surface area contributed by atoms with Gasteiger partial charge in [0.05, 0.1) is 11.6 Å². The molecule has 1 N–H and O–H groups in total. The monoisotopic (exact) mass is 301 g/mol. The second-order valence-electron chi connectivity index (χ2n) is 4.86. The van der Waals surface area contributed by atoms with E-state index in [2.05, 4.69) is 19.2 Å². The molecule has 0 bridgehead atoms. The fourth-order valence-electron chi connectivity index (χ4n) is 2.75. The Morgan fingerprint density at radius 2 is 1.90 bits per heavy atom. The number of halogens is 2. The van der Waals surface area contributed by atoms with E-state index in [1.165, 1.54) is 12.1 Å². The second-order valence-corrected chi connectivity index (χ2v) is 5.27. The van der Waals surface area contributed by atoms with Gasteiger partial charge in [0.15, 0.2) is 0 Å². The topological polar surface area (TPSA) is 21.3 Å². The standard InChI is InChI=1S/C16H25ClFNO/c1-5-16(6-2,20-8-4)15(19-7-3)13-11-12(18)9-10-14(13)17/h9-11,15,19H,5-8H2,1-4H3. The minimum absolute atomic E-state index is 0.120. The molecule has 0 heterocycles. The van der Waals surface area contributed by atoms with Gasteiger partial charge in [0.2, 0.25) is 0 Å². The predicted octanol–water partition coefficient (Wildman–Crippen LogP) is 4.73. The third kappa shape index (κ3) is 3.72. The van der Waals surface area contributed by atoms with Crippen LogP contribution in [0.5, 0.6) is 0 Å². The van der Waals surface area contributed by atoms with Crippen LogP contribution in [0.2, 0.25) is 5.02 Å². The largest absolute Gasteiger partial charge is 0.373 e. The summed E-state index contributed by atoms with van der Waals surface area (Å²) >= 11 is 6.28. The molecule has 1 unspecified atom stereocenters. The van der Waals surface area contributed by atoms with Crippen molar-refractivity contribution in [1.82, 2.24) is 5.32 Å². The zero-order valence-corrected chi connectivity index (χ0v) is 13.6. The first kappa shape index (κ1) is 17.4. The molecule has 114 valence electrons. The number of rotatable bonds is 8. The molecule has 0 aliphatic rings. The summed E-state index contributed by atoms with van der Waals surface area (Å²) in [4.78, 5) is 0. The minimum atomic E-state index is -0.373. The predicted molar refractivity (Wildman–Crippen MR) is 82.8 cm³/mol. The summed E-state index contributed by atoms with van der Waals surface area (Å²) in [7, 11) is 0. The summed E-state index contributed by atoms with van der Waals surface area (Å²) in [5.41, 5.74) is 0.396. The van der Waals surface area contributed by atoms with Gasteiger partial charge in [0, 0.05) is 11.6 Å². The second kappa shape index (κ2) is 7.96. The summed E-state index contributed by atoms with van der Waals surface area (Å²) in [6.45, 7) is 9.59. The van der Waals surface area contributed by atoms with Crippen molar-refractivity contribution in [3.63, 3.8) is 0 Å². The van der Waals surface area contributed by atoms with Crippen LogP contribution in [0.4, 0.5) is 4.39 Å². The Hall–Kier alpha value is -0.640. The van der Waals surface area contributed by atoms with Gasteiger partial charge in [-0.3, -0.25) is 0 Å². The van der Waals surface area contributed by atoms with Gasteiger partial charge < -0.3 is 10.1 Å². The normalized spacial score (nSPS) is 13.5. The highest BCUT2D eigenvalue weighted by atomic mass is 35.5. The Bertz CT molecular complexity index is 421. The van der Waals surface area contributed by atoms with Crippen LogP contribution in [-0.2, 0) is 4.74 Å². The van der Waals surface area contributed by atoms with Crippen LogP contribution in [-0.4, -0.2) is 18.8 Å². The minimum Gasteiger partial charge on any atom is -0.373 e. The molecule has 20 heavy (non-hydrogen) atoms. The van der Waals surface area contributed by atoms with Gasteiger partial charge in [-0.15, -0.1) is 0 Å². The van der Waals surface area contributed by atoms with Crippen molar-refractivity contribution in [1.29, 1.82) is 0 Å². The molecule has 0 amide bonds. The van der Waals surface area contributed by atoms with E-state index >= 15 is 0 Å². The molecule has 0 fully saturated rings. The summed E-state index contributed by atoms with van der Waals surface area (Å²) < 4.78 is 19.7. The van der Waals surface area contributed by atoms with E-state index in [9.17, 15) is 4.39 Å². The number of hydrogen-bond donors (Lipinski definition) is 1. The lowest BCUT2D eigenvalue weighted by Crippen LogP contribution is -2.45. The lowest BCUT2D eigenvalue weighted by atomic mass is 9.83. The number of likely N-dealkylation sites (N-methyl/N-ethyl adjacent to an activating group) is 1. The van der Waals surface area contributed by atoms with E-state index in [0.29, 0.717) is 11.6 Å². The molecule has 4 heteroatoms. The smallest absolute Gasteiger partial charge is 0.123 e. The van der Waals surface area contributed by atoms with Crippen LogP contribution in [0.15, 0.2) is 18.2 Å². The number of ether oxygens (including phenoxy) is 1. The molecule has 2 nitrogen and oxygen atoms in total. The highest BCUT2D eigenvalue weighted by Gasteiger charge is 2.38. The maximum absolute atomic E-state index is 13.6. The Morgan fingerprint density at radius 3 is 2.40 bits per heavy atom. The number of hydrogen-bond acceptors (Lipinski definition) is 2. The molecule has 0 spiro atoms. The Labute approximate surface area is 126 Å². The van der Waals surface area contributed by atoms with Gasteiger partial charge in [-0.05, 0) is 50.1 Å². The first-order chi connectivity index (χ1) is 9.54. The number of benzene rings is 1. The van der Waals surface area contributed by atoms with Gasteiger partial charge >= 0.3 is 0 Å². The molecule has 0 aliphatic carbocycles. The van der Waals surface area contributed by atoms with Gasteiger partial charge in [0.1, 0.15) is 5.82 Å². The van der Waals surface area contributed by atoms with Crippen molar-refractivity contribution in [3.8, 4) is 0 Å². The molecule has 1 aromatic carbocycles. The lowest BCUT2D eigenvalue weighted by Gasteiger charge is -2.40. The van der Waals surface area contributed by atoms with Crippen molar-refractivity contribution in [2.75, 3.05) is 13.2 Å². The van der Waals surface area contributed by atoms with Crippen LogP contribution < -0.4 is 5.32 Å². The quantitative estimate of drug-likeness (QED) is 0.750. The van der Waals surface area contributed by atoms with Gasteiger partial charge in [-0.1, -0.05) is 32.4 Å². The molecule has 0 radical (unpaired) electrons.